The van der Waals surface area contributed by atoms with Crippen LogP contribution in [-0.2, 0) is 9.53 Å². The minimum atomic E-state index is -0.0544. The average Bonchev–Trinajstić information content (AvgIpc) is 2.53. The van der Waals surface area contributed by atoms with Gasteiger partial charge in [0.05, 0.1) is 6.10 Å². The summed E-state index contributed by atoms with van der Waals surface area (Å²) < 4.78 is 5.06. The van der Waals surface area contributed by atoms with Crippen LogP contribution in [0.3, 0.4) is 0 Å². The Bertz CT molecular complexity index is 360. The third-order valence-electron chi connectivity index (χ3n) is 3.62. The largest absolute Gasteiger partial charge is 0.463 e. The van der Waals surface area contributed by atoms with Gasteiger partial charge in [-0.05, 0) is 37.7 Å². The van der Waals surface area contributed by atoms with Crippen molar-refractivity contribution in [3.63, 3.8) is 0 Å². The van der Waals surface area contributed by atoms with Gasteiger partial charge in [-0.25, -0.2) is 0 Å². The van der Waals surface area contributed by atoms with Gasteiger partial charge in [0.1, 0.15) is 0 Å². The zero-order valence-electron chi connectivity index (χ0n) is 14.4. The van der Waals surface area contributed by atoms with Gasteiger partial charge in [0.15, 0.2) is 0 Å². The van der Waals surface area contributed by atoms with Crippen molar-refractivity contribution in [2.75, 3.05) is 0 Å². The lowest BCUT2D eigenvalue weighted by atomic mass is 9.99. The number of ether oxygens (including phenoxy) is 1. The molecule has 0 saturated carbocycles. The van der Waals surface area contributed by atoms with Crippen molar-refractivity contribution in [1.29, 1.82) is 0 Å². The lowest BCUT2D eigenvalue weighted by molar-refractivity contribution is -0.148. The minimum absolute atomic E-state index is 0. The first-order valence-electron chi connectivity index (χ1n) is 8.29. The van der Waals surface area contributed by atoms with E-state index < -0.39 is 0 Å². The molecule has 0 saturated heterocycles. The van der Waals surface area contributed by atoms with Gasteiger partial charge in [-0.1, -0.05) is 94.2 Å². The van der Waals surface area contributed by atoms with Crippen LogP contribution < -0.4 is 0 Å². The molecule has 25 heavy (non-hydrogen) atoms. The molecule has 2 atom stereocenters. The van der Waals surface area contributed by atoms with E-state index in [1.807, 2.05) is 13.8 Å². The highest BCUT2D eigenvalue weighted by atomic mass is 16.5. The smallest absolute Gasteiger partial charge is 0.306 e. The summed E-state index contributed by atoms with van der Waals surface area (Å²) in [6.45, 7) is 10.5. The van der Waals surface area contributed by atoms with Gasteiger partial charge in [-0.15, -0.1) is 0 Å². The zero-order chi connectivity index (χ0) is 16.1. The molecule has 0 N–H and O–H groups in total. The first-order valence-corrected chi connectivity index (χ1v) is 8.29. The van der Waals surface area contributed by atoms with Gasteiger partial charge >= 0.3 is 5.97 Å². The fourth-order valence-electron chi connectivity index (χ4n) is 1.71. The van der Waals surface area contributed by atoms with Gasteiger partial charge in [-0.2, -0.15) is 0 Å². The standard InChI is InChI=1S/C10H14.C9H18O2.4CH4/c1-3-9(2)10-7-5-4-6-8-10;1-4-6-7-9(10)11-8(3)5-2;;;;/h4-9H,3H2,1-2H3;8H,4-7H2,1-3H3;4*1H4. The van der Waals surface area contributed by atoms with Crippen LogP contribution in [0.15, 0.2) is 30.3 Å². The Morgan fingerprint density at radius 2 is 1.44 bits per heavy atom. The number of esters is 1. The molecule has 0 fully saturated rings. The van der Waals surface area contributed by atoms with E-state index >= 15 is 0 Å². The first-order chi connectivity index (χ1) is 10.0. The van der Waals surface area contributed by atoms with E-state index in [0.29, 0.717) is 12.3 Å². The Kier molecular flexibility index (Phi) is 31.7. The van der Waals surface area contributed by atoms with Crippen LogP contribution in [0.25, 0.3) is 0 Å². The van der Waals surface area contributed by atoms with Crippen LogP contribution in [0.1, 0.15) is 108 Å². The normalized spacial score (nSPS) is 10.8. The number of carbonyl (C=O) groups excluding carboxylic acids is 1. The molecule has 0 aromatic heterocycles. The SMILES string of the molecule is C.C.C.C.CCC(C)c1ccccc1.CCCCC(=O)OC(C)CC. The molecule has 1 aromatic rings. The summed E-state index contributed by atoms with van der Waals surface area (Å²) in [7, 11) is 0. The molecule has 0 aliphatic heterocycles. The highest BCUT2D eigenvalue weighted by Gasteiger charge is 2.05. The van der Waals surface area contributed by atoms with Gasteiger partial charge in [0.2, 0.25) is 0 Å². The number of hydrogen-bond acceptors (Lipinski definition) is 2. The Morgan fingerprint density at radius 3 is 1.84 bits per heavy atom. The van der Waals surface area contributed by atoms with E-state index in [-0.39, 0.29) is 41.8 Å². The fraction of sp³-hybridized carbons (Fsp3) is 0.696. The van der Waals surface area contributed by atoms with E-state index in [2.05, 4.69) is 51.1 Å². The third-order valence-corrected chi connectivity index (χ3v) is 3.62. The summed E-state index contributed by atoms with van der Waals surface area (Å²) in [5.41, 5.74) is 1.45. The molecule has 0 heterocycles. The molecule has 0 aliphatic rings. The summed E-state index contributed by atoms with van der Waals surface area (Å²) in [6, 6.07) is 10.6. The highest BCUT2D eigenvalue weighted by molar-refractivity contribution is 5.69. The molecule has 0 bridgehead atoms. The van der Waals surface area contributed by atoms with Crippen molar-refractivity contribution >= 4 is 5.97 Å². The maximum absolute atomic E-state index is 10.9. The van der Waals surface area contributed by atoms with Gasteiger partial charge in [-0.3, -0.25) is 4.79 Å². The number of carbonyl (C=O) groups is 1. The summed E-state index contributed by atoms with van der Waals surface area (Å²) in [6.07, 6.45) is 4.77. The van der Waals surface area contributed by atoms with Gasteiger partial charge in [0, 0.05) is 6.42 Å². The molecule has 2 heteroatoms. The predicted molar refractivity (Wildman–Crippen MR) is 117 cm³/mol. The minimum Gasteiger partial charge on any atom is -0.463 e. The predicted octanol–water partition coefficient (Wildman–Crippen LogP) is 8.26. The summed E-state index contributed by atoms with van der Waals surface area (Å²) in [5.74, 6) is 0.655. The molecular formula is C23H48O2. The molecule has 1 aromatic carbocycles. The number of unbranched alkanes of at least 4 members (excludes halogenated alkanes) is 1. The monoisotopic (exact) mass is 356 g/mol. The topological polar surface area (TPSA) is 26.3 Å². The summed E-state index contributed by atoms with van der Waals surface area (Å²) >= 11 is 0. The van der Waals surface area contributed by atoms with Crippen molar-refractivity contribution in [1.82, 2.24) is 0 Å². The third kappa shape index (κ3) is 18.9. The molecular weight excluding hydrogens is 308 g/mol. The molecule has 2 nitrogen and oxygen atoms in total. The Hall–Kier alpha value is -1.31. The summed E-state index contributed by atoms with van der Waals surface area (Å²) in [4.78, 5) is 10.9. The molecule has 0 radical (unpaired) electrons. The Labute approximate surface area is 160 Å². The molecule has 0 aliphatic carbocycles. The second kappa shape index (κ2) is 22.7. The number of rotatable bonds is 7. The van der Waals surface area contributed by atoms with Crippen molar-refractivity contribution < 1.29 is 9.53 Å². The van der Waals surface area contributed by atoms with Crippen molar-refractivity contribution in [2.24, 2.45) is 0 Å². The molecule has 0 spiro atoms. The summed E-state index contributed by atoms with van der Waals surface area (Å²) in [5, 5.41) is 0. The lowest BCUT2D eigenvalue weighted by Gasteiger charge is -2.09. The maximum atomic E-state index is 10.9. The van der Waals surface area contributed by atoms with Crippen molar-refractivity contribution in [3.05, 3.63) is 35.9 Å². The molecule has 1 rings (SSSR count). The molecule has 152 valence electrons. The second-order valence-electron chi connectivity index (χ2n) is 5.53. The highest BCUT2D eigenvalue weighted by Crippen LogP contribution is 2.16. The molecule has 2 unspecified atom stereocenters. The van der Waals surface area contributed by atoms with Crippen LogP contribution >= 0.6 is 0 Å². The number of hydrogen-bond donors (Lipinski definition) is 0. The van der Waals surface area contributed by atoms with Crippen LogP contribution in [0, 0.1) is 0 Å². The average molecular weight is 357 g/mol. The first kappa shape index (κ1) is 34.9. The van der Waals surface area contributed by atoms with Crippen LogP contribution in [0.2, 0.25) is 0 Å². The van der Waals surface area contributed by atoms with Crippen LogP contribution in [0.5, 0.6) is 0 Å². The van der Waals surface area contributed by atoms with E-state index in [4.69, 9.17) is 4.74 Å². The van der Waals surface area contributed by atoms with E-state index in [1.54, 1.807) is 0 Å². The maximum Gasteiger partial charge on any atom is 0.306 e. The quantitative estimate of drug-likeness (QED) is 0.459. The zero-order valence-corrected chi connectivity index (χ0v) is 14.4. The van der Waals surface area contributed by atoms with Crippen LogP contribution in [0.4, 0.5) is 0 Å². The van der Waals surface area contributed by atoms with Gasteiger partial charge in [0.25, 0.3) is 0 Å². The Balaban J connectivity index is -0.0000000921. The van der Waals surface area contributed by atoms with Crippen LogP contribution in [-0.4, -0.2) is 12.1 Å². The Morgan fingerprint density at radius 1 is 0.920 bits per heavy atom. The van der Waals surface area contributed by atoms with E-state index in [9.17, 15) is 4.79 Å². The van der Waals surface area contributed by atoms with E-state index in [1.165, 1.54) is 12.0 Å². The van der Waals surface area contributed by atoms with Crippen molar-refractivity contribution in [3.8, 4) is 0 Å². The van der Waals surface area contributed by atoms with Crippen molar-refractivity contribution in [2.45, 2.75) is 108 Å². The molecule has 0 amide bonds. The number of benzene rings is 1. The fourth-order valence-corrected chi connectivity index (χ4v) is 1.71. The second-order valence-corrected chi connectivity index (χ2v) is 5.53. The lowest BCUT2D eigenvalue weighted by Crippen LogP contribution is -2.13. The van der Waals surface area contributed by atoms with E-state index in [0.717, 1.165) is 19.3 Å². The van der Waals surface area contributed by atoms with Gasteiger partial charge < -0.3 is 4.74 Å².